The topological polar surface area (TPSA) is 83.8 Å². The molecule has 16 heavy (non-hydrogen) atoms. The molecule has 0 aliphatic heterocycles. The highest BCUT2D eigenvalue weighted by Crippen LogP contribution is 2.32. The van der Waals surface area contributed by atoms with E-state index in [1.54, 1.807) is 0 Å². The Morgan fingerprint density at radius 3 is 2.06 bits per heavy atom. The molecule has 2 N–H and O–H groups in total. The maximum Gasteiger partial charge on any atom is 0.414 e. The van der Waals surface area contributed by atoms with Gasteiger partial charge in [-0.1, -0.05) is 0 Å². The molecule has 0 bridgehead atoms. The molecule has 94 valence electrons. The summed E-state index contributed by atoms with van der Waals surface area (Å²) in [6.07, 6.45) is -9.17. The molecule has 0 aromatic heterocycles. The van der Waals surface area contributed by atoms with Gasteiger partial charge in [0.25, 0.3) is 0 Å². The van der Waals surface area contributed by atoms with E-state index in [9.17, 15) is 22.8 Å². The number of hydrogen-bond acceptors (Lipinski definition) is 4. The third-order valence-electron chi connectivity index (χ3n) is 2.09. The Bertz CT molecular complexity index is 288. The molecule has 0 rings (SSSR count). The monoisotopic (exact) mass is 244 g/mol. The number of alkyl halides is 3. The fourth-order valence-electron chi connectivity index (χ4n) is 0.986. The minimum Gasteiger partial charge on any atom is -0.480 e. The lowest BCUT2D eigenvalue weighted by Gasteiger charge is -2.25. The molecule has 0 aromatic carbocycles. The number of hydrogen-bond donors (Lipinski definition) is 2. The zero-order valence-electron chi connectivity index (χ0n) is 8.54. The van der Waals surface area contributed by atoms with Crippen LogP contribution in [0.3, 0.4) is 0 Å². The van der Waals surface area contributed by atoms with E-state index in [1.807, 2.05) is 0 Å². The first kappa shape index (κ1) is 14.7. The van der Waals surface area contributed by atoms with E-state index in [0.717, 1.165) is 14.0 Å². The number of carbonyl (C=O) groups excluding carboxylic acids is 1. The van der Waals surface area contributed by atoms with Crippen LogP contribution in [0.15, 0.2) is 0 Å². The number of carbonyl (C=O) groups is 2. The van der Waals surface area contributed by atoms with E-state index < -0.39 is 36.1 Å². The van der Waals surface area contributed by atoms with Gasteiger partial charge in [0, 0.05) is 6.42 Å². The van der Waals surface area contributed by atoms with Crippen LogP contribution in [0.1, 0.15) is 13.3 Å². The third kappa shape index (κ3) is 3.09. The summed E-state index contributed by atoms with van der Waals surface area (Å²) in [5.74, 6) is -3.13. The summed E-state index contributed by atoms with van der Waals surface area (Å²) >= 11 is 0. The molecule has 0 aliphatic carbocycles. The molecule has 0 aromatic rings. The lowest BCUT2D eigenvalue weighted by molar-refractivity contribution is -0.215. The number of ether oxygens (including phenoxy) is 1. The first-order chi connectivity index (χ1) is 7.05. The molecule has 2 atom stereocenters. The highest BCUT2D eigenvalue weighted by atomic mass is 19.4. The van der Waals surface area contributed by atoms with Crippen LogP contribution in [0.4, 0.5) is 13.2 Å². The fraction of sp³-hybridized carbons (Fsp3) is 0.750. The smallest absolute Gasteiger partial charge is 0.414 e. The van der Waals surface area contributed by atoms with Gasteiger partial charge in [-0.25, -0.2) is 0 Å². The summed E-state index contributed by atoms with van der Waals surface area (Å²) in [5, 5.41) is 17.4. The quantitative estimate of drug-likeness (QED) is 0.557. The maximum atomic E-state index is 12.0. The zero-order chi connectivity index (χ0) is 13.1. The van der Waals surface area contributed by atoms with Crippen molar-refractivity contribution in [3.63, 3.8) is 0 Å². The minimum absolute atomic E-state index is 0.760. The Morgan fingerprint density at radius 1 is 1.38 bits per heavy atom. The second kappa shape index (κ2) is 4.69. The summed E-state index contributed by atoms with van der Waals surface area (Å²) in [6, 6.07) is 0. The van der Waals surface area contributed by atoms with Gasteiger partial charge in [0.1, 0.15) is 0 Å². The van der Waals surface area contributed by atoms with Crippen LogP contribution >= 0.6 is 0 Å². The SMILES string of the molecule is COC(=O)C(C)(CC(O)C(F)(F)F)C(=O)O. The van der Waals surface area contributed by atoms with Crippen LogP contribution in [0, 0.1) is 5.41 Å². The number of carboxylic acid groups (broad SMARTS) is 1. The molecule has 0 aliphatic rings. The number of esters is 1. The van der Waals surface area contributed by atoms with Gasteiger partial charge in [-0.15, -0.1) is 0 Å². The Balaban J connectivity index is 4.98. The number of halogens is 3. The van der Waals surface area contributed by atoms with Gasteiger partial charge in [-0.3, -0.25) is 9.59 Å². The van der Waals surface area contributed by atoms with Crippen LogP contribution in [0.2, 0.25) is 0 Å². The van der Waals surface area contributed by atoms with E-state index in [1.165, 1.54) is 0 Å². The average Bonchev–Trinajstić information content (AvgIpc) is 2.14. The molecule has 0 heterocycles. The second-order valence-corrected chi connectivity index (χ2v) is 3.39. The Morgan fingerprint density at radius 2 is 1.81 bits per heavy atom. The zero-order valence-corrected chi connectivity index (χ0v) is 8.54. The highest BCUT2D eigenvalue weighted by Gasteiger charge is 2.50. The lowest BCUT2D eigenvalue weighted by atomic mass is 9.84. The second-order valence-electron chi connectivity index (χ2n) is 3.39. The van der Waals surface area contributed by atoms with Crippen LogP contribution in [-0.4, -0.2) is 41.5 Å². The molecular formula is C8H11F3O5. The van der Waals surface area contributed by atoms with Crippen molar-refractivity contribution in [2.75, 3.05) is 7.11 Å². The molecule has 5 nitrogen and oxygen atoms in total. The molecule has 2 unspecified atom stereocenters. The van der Waals surface area contributed by atoms with Crippen LogP contribution in [0.25, 0.3) is 0 Å². The highest BCUT2D eigenvalue weighted by molar-refractivity contribution is 5.98. The number of aliphatic hydroxyl groups excluding tert-OH is 1. The van der Waals surface area contributed by atoms with E-state index in [-0.39, 0.29) is 0 Å². The standard InChI is InChI=1S/C8H11F3O5/c1-7(5(13)14,6(15)16-2)3-4(12)8(9,10)11/h4,12H,3H2,1-2H3,(H,13,14). The van der Waals surface area contributed by atoms with Gasteiger partial charge in [0.2, 0.25) is 0 Å². The van der Waals surface area contributed by atoms with Gasteiger partial charge in [-0.2, -0.15) is 13.2 Å². The first-order valence-corrected chi connectivity index (χ1v) is 4.12. The van der Waals surface area contributed by atoms with Crippen LogP contribution < -0.4 is 0 Å². The lowest BCUT2D eigenvalue weighted by Crippen LogP contribution is -2.44. The van der Waals surface area contributed by atoms with E-state index in [0.29, 0.717) is 0 Å². The van der Waals surface area contributed by atoms with Crippen molar-refractivity contribution in [1.29, 1.82) is 0 Å². The molecule has 8 heteroatoms. The van der Waals surface area contributed by atoms with Crippen LogP contribution in [0.5, 0.6) is 0 Å². The van der Waals surface area contributed by atoms with Crippen molar-refractivity contribution < 1.29 is 37.7 Å². The number of methoxy groups -OCH3 is 1. The van der Waals surface area contributed by atoms with E-state index >= 15 is 0 Å². The van der Waals surface area contributed by atoms with Crippen molar-refractivity contribution in [3.8, 4) is 0 Å². The van der Waals surface area contributed by atoms with E-state index in [2.05, 4.69) is 4.74 Å². The Hall–Kier alpha value is -1.31. The van der Waals surface area contributed by atoms with Crippen LogP contribution in [-0.2, 0) is 14.3 Å². The molecule has 0 radical (unpaired) electrons. The summed E-state index contributed by atoms with van der Waals surface area (Å²) in [6.45, 7) is 0.760. The first-order valence-electron chi connectivity index (χ1n) is 4.12. The Labute approximate surface area is 88.8 Å². The van der Waals surface area contributed by atoms with E-state index in [4.69, 9.17) is 10.2 Å². The maximum absolute atomic E-state index is 12.0. The Kier molecular flexibility index (Phi) is 4.30. The molecule has 0 saturated carbocycles. The molecule has 0 saturated heterocycles. The summed E-state index contributed by atoms with van der Waals surface area (Å²) in [7, 11) is 0.851. The van der Waals surface area contributed by atoms with Gasteiger partial charge < -0.3 is 14.9 Å². The summed E-state index contributed by atoms with van der Waals surface area (Å²) < 4.78 is 40.1. The predicted octanol–water partition coefficient (Wildman–Crippen LogP) is 0.564. The summed E-state index contributed by atoms with van der Waals surface area (Å²) in [4.78, 5) is 21.8. The molecular weight excluding hydrogens is 233 g/mol. The van der Waals surface area contributed by atoms with Gasteiger partial charge in [0.05, 0.1) is 7.11 Å². The fourth-order valence-corrected chi connectivity index (χ4v) is 0.986. The number of rotatable bonds is 4. The van der Waals surface area contributed by atoms with Gasteiger partial charge >= 0.3 is 18.1 Å². The number of aliphatic carboxylic acids is 1. The molecule has 0 spiro atoms. The largest absolute Gasteiger partial charge is 0.480 e. The molecule has 0 amide bonds. The normalized spacial score (nSPS) is 17.4. The number of carboxylic acids is 1. The van der Waals surface area contributed by atoms with Crippen molar-refractivity contribution >= 4 is 11.9 Å². The molecule has 0 fully saturated rings. The third-order valence-corrected chi connectivity index (χ3v) is 2.09. The number of aliphatic hydroxyl groups is 1. The van der Waals surface area contributed by atoms with Gasteiger partial charge in [0.15, 0.2) is 11.5 Å². The van der Waals surface area contributed by atoms with Crippen molar-refractivity contribution in [3.05, 3.63) is 0 Å². The van der Waals surface area contributed by atoms with Crippen molar-refractivity contribution in [2.45, 2.75) is 25.6 Å². The van der Waals surface area contributed by atoms with Crippen molar-refractivity contribution in [1.82, 2.24) is 0 Å². The average molecular weight is 244 g/mol. The summed E-state index contributed by atoms with van der Waals surface area (Å²) in [5.41, 5.74) is -2.43. The van der Waals surface area contributed by atoms with Gasteiger partial charge in [-0.05, 0) is 6.92 Å². The van der Waals surface area contributed by atoms with Crippen molar-refractivity contribution in [2.24, 2.45) is 5.41 Å². The predicted molar refractivity (Wildman–Crippen MR) is 44.4 cm³/mol. The minimum atomic E-state index is -4.98.